The third kappa shape index (κ3) is 3.59. The number of alkyl halides is 1. The summed E-state index contributed by atoms with van der Waals surface area (Å²) in [6.07, 6.45) is 0. The Kier molecular flexibility index (Phi) is 5.08. The number of hydrogen-bond donors (Lipinski definition) is 0. The van der Waals surface area contributed by atoms with Gasteiger partial charge in [0.05, 0.1) is 14.6 Å². The average Bonchev–Trinajstić information content (AvgIpc) is 2.98. The molecule has 0 spiro atoms. The van der Waals surface area contributed by atoms with E-state index in [0.29, 0.717) is 17.3 Å². The second-order valence-electron chi connectivity index (χ2n) is 3.90. The molecule has 0 fully saturated rings. The molecule has 0 atom stereocenters. The minimum Gasteiger partial charge on any atom is -0.207 e. The van der Waals surface area contributed by atoms with Gasteiger partial charge in [-0.3, -0.25) is 0 Å². The third-order valence-corrected chi connectivity index (χ3v) is 7.36. The number of thiophene rings is 2. The van der Waals surface area contributed by atoms with Crippen LogP contribution in [0.2, 0.25) is 0 Å². The van der Waals surface area contributed by atoms with Crippen molar-refractivity contribution in [2.24, 2.45) is 0 Å². The Morgan fingerprint density at radius 2 is 2.05 bits per heavy atom. The van der Waals surface area contributed by atoms with Crippen molar-refractivity contribution in [1.29, 1.82) is 0 Å². The summed E-state index contributed by atoms with van der Waals surface area (Å²) in [5.41, 5.74) is 0.968. The lowest BCUT2D eigenvalue weighted by Gasteiger charge is -2.15. The summed E-state index contributed by atoms with van der Waals surface area (Å²) in [4.78, 5) is 1.16. The lowest BCUT2D eigenvalue weighted by Crippen LogP contribution is -2.25. The molecule has 0 N–H and O–H groups in total. The molecule has 104 valence electrons. The van der Waals surface area contributed by atoms with Gasteiger partial charge in [-0.2, -0.15) is 4.31 Å². The first kappa shape index (κ1) is 15.5. The molecule has 2 aromatic heterocycles. The standard InChI is InChI=1S/C11H11BrClNO2S3/c1-14(5-8-2-11(12)18-6-8)19(15,16)10-3-9(4-13)17-7-10/h2-3,6-7H,4-5H2,1H3. The first-order valence-corrected chi connectivity index (χ1v) is 9.79. The van der Waals surface area contributed by atoms with E-state index in [4.69, 9.17) is 11.6 Å². The van der Waals surface area contributed by atoms with Crippen LogP contribution < -0.4 is 0 Å². The van der Waals surface area contributed by atoms with Crippen LogP contribution in [0.3, 0.4) is 0 Å². The van der Waals surface area contributed by atoms with Crippen molar-refractivity contribution in [3.05, 3.63) is 37.1 Å². The quantitative estimate of drug-likeness (QED) is 0.708. The topological polar surface area (TPSA) is 37.4 Å². The van der Waals surface area contributed by atoms with Gasteiger partial charge in [-0.25, -0.2) is 8.42 Å². The number of nitrogens with zero attached hydrogens (tertiary/aromatic N) is 1. The van der Waals surface area contributed by atoms with Crippen LogP contribution >= 0.6 is 50.2 Å². The molecule has 2 heterocycles. The summed E-state index contributed by atoms with van der Waals surface area (Å²) in [6.45, 7) is 0.358. The Morgan fingerprint density at radius 1 is 1.32 bits per heavy atom. The Balaban J connectivity index is 2.19. The van der Waals surface area contributed by atoms with Crippen molar-refractivity contribution >= 4 is 60.2 Å². The largest absolute Gasteiger partial charge is 0.243 e. The molecule has 2 aromatic rings. The first-order valence-electron chi connectivity index (χ1n) is 5.26. The summed E-state index contributed by atoms with van der Waals surface area (Å²) in [5.74, 6) is 0.335. The molecular formula is C11H11BrClNO2S3. The zero-order valence-corrected chi connectivity index (χ0v) is 14.8. The van der Waals surface area contributed by atoms with E-state index in [0.717, 1.165) is 14.2 Å². The molecule has 0 aromatic carbocycles. The third-order valence-electron chi connectivity index (χ3n) is 2.50. The van der Waals surface area contributed by atoms with Gasteiger partial charge in [0.15, 0.2) is 0 Å². The van der Waals surface area contributed by atoms with Crippen LogP contribution in [0, 0.1) is 0 Å². The van der Waals surface area contributed by atoms with Crippen LogP contribution in [0.15, 0.2) is 31.6 Å². The highest BCUT2D eigenvalue weighted by Gasteiger charge is 2.22. The highest BCUT2D eigenvalue weighted by molar-refractivity contribution is 9.11. The molecule has 0 bridgehead atoms. The molecule has 0 saturated heterocycles. The summed E-state index contributed by atoms with van der Waals surface area (Å²) in [6, 6.07) is 3.56. The van der Waals surface area contributed by atoms with Gasteiger partial charge in [0.25, 0.3) is 0 Å². The fraction of sp³-hybridized carbons (Fsp3) is 0.273. The van der Waals surface area contributed by atoms with Crippen molar-refractivity contribution in [3.63, 3.8) is 0 Å². The number of rotatable bonds is 5. The SMILES string of the molecule is CN(Cc1csc(Br)c1)S(=O)(=O)c1csc(CCl)c1. The van der Waals surface area contributed by atoms with E-state index in [1.807, 2.05) is 11.4 Å². The molecule has 0 unspecified atom stereocenters. The minimum absolute atomic E-state index is 0.310. The van der Waals surface area contributed by atoms with E-state index in [1.165, 1.54) is 15.6 Å². The Hall–Kier alpha value is 0.0800. The molecule has 0 aliphatic heterocycles. The van der Waals surface area contributed by atoms with Gasteiger partial charge in [-0.15, -0.1) is 34.3 Å². The van der Waals surface area contributed by atoms with Crippen molar-refractivity contribution in [3.8, 4) is 0 Å². The van der Waals surface area contributed by atoms with Gasteiger partial charge in [0, 0.05) is 23.8 Å². The van der Waals surface area contributed by atoms with Gasteiger partial charge in [0.1, 0.15) is 0 Å². The van der Waals surface area contributed by atoms with Gasteiger partial charge in [-0.05, 0) is 39.0 Å². The van der Waals surface area contributed by atoms with E-state index >= 15 is 0 Å². The lowest BCUT2D eigenvalue weighted by molar-refractivity contribution is 0.467. The summed E-state index contributed by atoms with van der Waals surface area (Å²) in [7, 11) is -1.86. The lowest BCUT2D eigenvalue weighted by atomic mass is 10.3. The molecule has 8 heteroatoms. The molecule has 0 aliphatic carbocycles. The molecule has 0 saturated carbocycles. The van der Waals surface area contributed by atoms with Gasteiger partial charge < -0.3 is 0 Å². The molecule has 2 rings (SSSR count). The molecule has 0 radical (unpaired) electrons. The Labute approximate surface area is 134 Å². The molecule has 0 aliphatic rings. The van der Waals surface area contributed by atoms with Gasteiger partial charge in [0.2, 0.25) is 10.0 Å². The van der Waals surface area contributed by atoms with Crippen LogP contribution in [-0.4, -0.2) is 19.8 Å². The smallest absolute Gasteiger partial charge is 0.207 e. The monoisotopic (exact) mass is 399 g/mol. The maximum absolute atomic E-state index is 12.4. The summed E-state index contributed by atoms with van der Waals surface area (Å²) < 4.78 is 27.1. The molecular weight excluding hydrogens is 390 g/mol. The fourth-order valence-corrected chi connectivity index (χ4v) is 5.25. The van der Waals surface area contributed by atoms with E-state index in [9.17, 15) is 8.42 Å². The average molecular weight is 401 g/mol. The zero-order chi connectivity index (χ0) is 14.0. The van der Waals surface area contributed by atoms with Crippen molar-refractivity contribution in [1.82, 2.24) is 4.31 Å². The van der Waals surface area contributed by atoms with Crippen LogP contribution in [-0.2, 0) is 22.4 Å². The van der Waals surface area contributed by atoms with E-state index in [1.54, 1.807) is 29.8 Å². The highest BCUT2D eigenvalue weighted by atomic mass is 79.9. The van der Waals surface area contributed by atoms with Crippen molar-refractivity contribution in [2.45, 2.75) is 17.3 Å². The molecule has 0 amide bonds. The maximum Gasteiger partial charge on any atom is 0.243 e. The van der Waals surface area contributed by atoms with Gasteiger partial charge in [-0.1, -0.05) is 0 Å². The zero-order valence-electron chi connectivity index (χ0n) is 9.97. The van der Waals surface area contributed by atoms with E-state index < -0.39 is 10.0 Å². The second kappa shape index (κ2) is 6.24. The Bertz CT molecular complexity index is 665. The summed E-state index contributed by atoms with van der Waals surface area (Å²) >= 11 is 12.0. The fourth-order valence-electron chi connectivity index (χ4n) is 1.52. The van der Waals surface area contributed by atoms with E-state index in [-0.39, 0.29) is 0 Å². The number of halogens is 2. The van der Waals surface area contributed by atoms with Crippen LogP contribution in [0.4, 0.5) is 0 Å². The predicted molar refractivity (Wildman–Crippen MR) is 84.5 cm³/mol. The molecule has 3 nitrogen and oxygen atoms in total. The van der Waals surface area contributed by atoms with Crippen LogP contribution in [0.25, 0.3) is 0 Å². The maximum atomic E-state index is 12.4. The predicted octanol–water partition coefficient (Wildman–Crippen LogP) is 4.13. The minimum atomic E-state index is -3.44. The number of sulfonamides is 1. The Morgan fingerprint density at radius 3 is 2.58 bits per heavy atom. The van der Waals surface area contributed by atoms with Gasteiger partial charge >= 0.3 is 0 Å². The summed E-state index contributed by atoms with van der Waals surface area (Å²) in [5, 5.41) is 3.57. The first-order chi connectivity index (χ1) is 8.93. The van der Waals surface area contributed by atoms with Crippen LogP contribution in [0.5, 0.6) is 0 Å². The number of hydrogen-bond acceptors (Lipinski definition) is 4. The highest BCUT2D eigenvalue weighted by Crippen LogP contribution is 2.26. The normalized spacial score (nSPS) is 12.2. The second-order valence-corrected chi connectivity index (χ2v) is 9.50. The van der Waals surface area contributed by atoms with Crippen LogP contribution in [0.1, 0.15) is 10.4 Å². The van der Waals surface area contributed by atoms with Crippen molar-refractivity contribution < 1.29 is 8.42 Å². The molecule has 19 heavy (non-hydrogen) atoms. The van der Waals surface area contributed by atoms with E-state index in [2.05, 4.69) is 15.9 Å². The van der Waals surface area contributed by atoms with Crippen molar-refractivity contribution in [2.75, 3.05) is 7.05 Å².